The first-order valence-corrected chi connectivity index (χ1v) is 22.8. The van der Waals surface area contributed by atoms with Gasteiger partial charge in [-0.05, 0) is 146 Å². The normalized spacial score (nSPS) is 35.5. The average molecular weight is 739 g/mol. The van der Waals surface area contributed by atoms with E-state index >= 15 is 0 Å². The van der Waals surface area contributed by atoms with E-state index < -0.39 is 0 Å². The Bertz CT molecular complexity index is 2320. The van der Waals surface area contributed by atoms with Crippen molar-refractivity contribution in [2.45, 2.75) is 111 Å². The topological polar surface area (TPSA) is 8.17 Å². The van der Waals surface area contributed by atoms with Crippen LogP contribution >= 0.6 is 11.8 Å². The fraction of sp³-hybridized carbons (Fsp3) is 0.423. The lowest BCUT2D eigenvalue weighted by molar-refractivity contribution is -0.145. The molecule has 12 unspecified atom stereocenters. The number of nitrogens with zero attached hydrogens (tertiary/aromatic N) is 2. The third-order valence-electron chi connectivity index (χ3n) is 16.1. The Hall–Kier alpha value is -3.79. The standard InChI is InChI=1S/C52H54N2S/c1-4-13-33(14-5-1)35-23-27-47-49(31-35)55-50-32-37(34-15-6-2-7-16-34)30-44-42-21-12-20-41-39(25-28-48(51(41)42)54(47)52(44)50)36-24-26-46-43(29-36)40-19-10-11-22-45(40)53(46)38-17-8-3-9-18-38/h1-11,13-19,22,24,26,29,35,37,39,41-42,44,47-52H,12,20-21,23,25,27-28,30-32H2. The number of benzene rings is 5. The molecule has 0 radical (unpaired) electrons. The quantitative estimate of drug-likeness (QED) is 0.178. The first-order chi connectivity index (χ1) is 27.3. The first kappa shape index (κ1) is 33.4. The molecule has 6 aliphatic rings. The van der Waals surface area contributed by atoms with Gasteiger partial charge in [-0.15, -0.1) is 0 Å². The molecule has 12 rings (SSSR count). The molecule has 278 valence electrons. The molecule has 2 aliphatic heterocycles. The van der Waals surface area contributed by atoms with Crippen molar-refractivity contribution in [3.05, 3.63) is 150 Å². The Morgan fingerprint density at radius 3 is 1.96 bits per heavy atom. The van der Waals surface area contributed by atoms with Crippen molar-refractivity contribution in [2.24, 2.45) is 23.7 Å². The van der Waals surface area contributed by atoms with E-state index in [1.54, 1.807) is 16.7 Å². The highest BCUT2D eigenvalue weighted by Gasteiger charge is 2.62. The summed E-state index contributed by atoms with van der Waals surface area (Å²) in [4.78, 5) is 3.34. The molecule has 3 heterocycles. The summed E-state index contributed by atoms with van der Waals surface area (Å²) in [5.74, 6) is 5.42. The second-order valence-corrected chi connectivity index (χ2v) is 19.9. The number of thioether (sulfide) groups is 1. The molecular weight excluding hydrogens is 685 g/mol. The van der Waals surface area contributed by atoms with Gasteiger partial charge < -0.3 is 4.57 Å². The Morgan fingerprint density at radius 2 is 1.15 bits per heavy atom. The molecule has 4 aliphatic carbocycles. The van der Waals surface area contributed by atoms with Crippen LogP contribution in [-0.4, -0.2) is 38.1 Å². The van der Waals surface area contributed by atoms with Gasteiger partial charge in [0.2, 0.25) is 0 Å². The van der Waals surface area contributed by atoms with Crippen LogP contribution < -0.4 is 0 Å². The Morgan fingerprint density at radius 1 is 0.473 bits per heavy atom. The number of fused-ring (bicyclic) bond motifs is 7. The smallest absolute Gasteiger partial charge is 0.0541 e. The van der Waals surface area contributed by atoms with Crippen LogP contribution in [0.25, 0.3) is 27.5 Å². The minimum absolute atomic E-state index is 0.664. The maximum Gasteiger partial charge on any atom is 0.0541 e. The van der Waals surface area contributed by atoms with Crippen molar-refractivity contribution in [1.82, 2.24) is 9.47 Å². The highest BCUT2D eigenvalue weighted by molar-refractivity contribution is 8.00. The van der Waals surface area contributed by atoms with E-state index in [2.05, 4.69) is 155 Å². The molecule has 2 nitrogen and oxygen atoms in total. The summed E-state index contributed by atoms with van der Waals surface area (Å²) >= 11 is 2.48. The number of piperidine rings is 1. The summed E-state index contributed by atoms with van der Waals surface area (Å²) in [6.45, 7) is 0. The molecule has 0 bridgehead atoms. The highest BCUT2D eigenvalue weighted by atomic mass is 32.2. The largest absolute Gasteiger partial charge is 0.309 e. The number of para-hydroxylation sites is 2. The van der Waals surface area contributed by atoms with Gasteiger partial charge in [-0.1, -0.05) is 110 Å². The van der Waals surface area contributed by atoms with Crippen LogP contribution in [-0.2, 0) is 0 Å². The summed E-state index contributed by atoms with van der Waals surface area (Å²) in [6.07, 6.45) is 13.9. The lowest BCUT2D eigenvalue weighted by Crippen LogP contribution is -2.72. The van der Waals surface area contributed by atoms with Crippen LogP contribution in [0, 0.1) is 23.7 Å². The average Bonchev–Trinajstić information content (AvgIpc) is 3.59. The molecule has 6 fully saturated rings. The van der Waals surface area contributed by atoms with E-state index in [0.29, 0.717) is 17.8 Å². The molecule has 0 spiro atoms. The van der Waals surface area contributed by atoms with Crippen LogP contribution in [0.15, 0.2) is 133 Å². The van der Waals surface area contributed by atoms with E-state index in [-0.39, 0.29) is 0 Å². The lowest BCUT2D eigenvalue weighted by Gasteiger charge is -2.69. The number of hydrogen-bond donors (Lipinski definition) is 0. The summed E-state index contributed by atoms with van der Waals surface area (Å²) in [5.41, 5.74) is 8.73. The van der Waals surface area contributed by atoms with E-state index in [0.717, 1.165) is 52.3 Å². The summed E-state index contributed by atoms with van der Waals surface area (Å²) < 4.78 is 2.49. The number of rotatable bonds is 4. The van der Waals surface area contributed by atoms with Gasteiger partial charge in [0, 0.05) is 45.1 Å². The van der Waals surface area contributed by atoms with Gasteiger partial charge in [0.15, 0.2) is 0 Å². The van der Waals surface area contributed by atoms with Crippen LogP contribution in [0.3, 0.4) is 0 Å². The maximum atomic E-state index is 3.34. The lowest BCUT2D eigenvalue weighted by atomic mass is 9.50. The Labute approximate surface area is 331 Å². The second kappa shape index (κ2) is 13.4. The minimum Gasteiger partial charge on any atom is -0.309 e. The Kier molecular flexibility index (Phi) is 8.14. The molecule has 0 N–H and O–H groups in total. The van der Waals surface area contributed by atoms with E-state index in [1.165, 1.54) is 91.7 Å². The Balaban J connectivity index is 0.929. The fourth-order valence-corrected chi connectivity index (χ4v) is 16.3. The molecule has 1 aromatic heterocycles. The van der Waals surface area contributed by atoms with Crippen molar-refractivity contribution >= 4 is 33.6 Å². The van der Waals surface area contributed by atoms with E-state index in [9.17, 15) is 0 Å². The summed E-state index contributed by atoms with van der Waals surface area (Å²) in [5, 5.41) is 4.35. The van der Waals surface area contributed by atoms with Gasteiger partial charge in [-0.3, -0.25) is 4.90 Å². The predicted molar refractivity (Wildman–Crippen MR) is 230 cm³/mol. The molecule has 6 aromatic rings. The molecular formula is C52H54N2S. The van der Waals surface area contributed by atoms with Crippen molar-refractivity contribution in [1.29, 1.82) is 0 Å². The SMILES string of the molecule is c1ccc(C2CCC3C(C2)SC2CC(c4ccccc4)CC4C5CCCC6C(c7ccc8c(c7)c7ccccc7n8-c7ccccc7)CCC(C65)N3C24)cc1. The highest BCUT2D eigenvalue weighted by Crippen LogP contribution is 2.64. The third-order valence-corrected chi connectivity index (χ3v) is 17.8. The molecule has 55 heavy (non-hydrogen) atoms. The van der Waals surface area contributed by atoms with Gasteiger partial charge >= 0.3 is 0 Å². The molecule has 5 aromatic carbocycles. The van der Waals surface area contributed by atoms with Gasteiger partial charge in [-0.25, -0.2) is 0 Å². The van der Waals surface area contributed by atoms with Crippen LogP contribution in [0.4, 0.5) is 0 Å². The number of aromatic nitrogens is 1. The summed E-state index contributed by atoms with van der Waals surface area (Å²) in [6, 6.07) is 53.4. The second-order valence-electron chi connectivity index (χ2n) is 18.4. The van der Waals surface area contributed by atoms with Crippen molar-refractivity contribution in [3.8, 4) is 5.69 Å². The van der Waals surface area contributed by atoms with Crippen LogP contribution in [0.2, 0.25) is 0 Å². The van der Waals surface area contributed by atoms with Crippen molar-refractivity contribution in [2.75, 3.05) is 0 Å². The fourth-order valence-electron chi connectivity index (χ4n) is 14.2. The first-order valence-electron chi connectivity index (χ1n) is 21.9. The zero-order chi connectivity index (χ0) is 36.0. The predicted octanol–water partition coefficient (Wildman–Crippen LogP) is 12.8. The van der Waals surface area contributed by atoms with Gasteiger partial charge in [-0.2, -0.15) is 11.8 Å². The number of hydrogen-bond acceptors (Lipinski definition) is 2. The van der Waals surface area contributed by atoms with Gasteiger partial charge in [0.25, 0.3) is 0 Å². The van der Waals surface area contributed by atoms with Crippen molar-refractivity contribution < 1.29 is 0 Å². The molecule has 4 saturated carbocycles. The maximum absolute atomic E-state index is 3.34. The van der Waals surface area contributed by atoms with Crippen LogP contribution in [0.5, 0.6) is 0 Å². The van der Waals surface area contributed by atoms with Crippen LogP contribution in [0.1, 0.15) is 98.7 Å². The summed E-state index contributed by atoms with van der Waals surface area (Å²) in [7, 11) is 0. The minimum atomic E-state index is 0.664. The van der Waals surface area contributed by atoms with E-state index in [4.69, 9.17) is 0 Å². The van der Waals surface area contributed by atoms with E-state index in [1.807, 2.05) is 0 Å². The van der Waals surface area contributed by atoms with Gasteiger partial charge in [0.1, 0.15) is 0 Å². The molecule has 12 atom stereocenters. The molecule has 2 saturated heterocycles. The van der Waals surface area contributed by atoms with Crippen molar-refractivity contribution in [3.63, 3.8) is 0 Å². The zero-order valence-corrected chi connectivity index (χ0v) is 32.8. The zero-order valence-electron chi connectivity index (χ0n) is 32.0. The molecule has 0 amide bonds. The molecule has 3 heteroatoms. The monoisotopic (exact) mass is 738 g/mol. The third kappa shape index (κ3) is 5.31. The van der Waals surface area contributed by atoms with Gasteiger partial charge in [0.05, 0.1) is 11.0 Å².